The summed E-state index contributed by atoms with van der Waals surface area (Å²) in [5, 5.41) is 2.71. The van der Waals surface area contributed by atoms with E-state index in [4.69, 9.17) is 9.47 Å². The molecule has 1 N–H and O–H groups in total. The lowest BCUT2D eigenvalue weighted by Gasteiger charge is -2.24. The van der Waals surface area contributed by atoms with E-state index in [2.05, 4.69) is 5.32 Å². The number of nitrogens with one attached hydrogen (secondary N) is 1. The number of anilines is 2. The second-order valence-corrected chi connectivity index (χ2v) is 9.40. The van der Waals surface area contributed by atoms with Gasteiger partial charge < -0.3 is 14.8 Å². The molecule has 34 heavy (non-hydrogen) atoms. The predicted octanol–water partition coefficient (Wildman–Crippen LogP) is 3.93. The lowest BCUT2D eigenvalue weighted by atomic mass is 10.1. The number of amides is 1. The number of carbonyl (C=O) groups excluding carboxylic acids is 2. The molecular weight excluding hydrogens is 456 g/mol. The van der Waals surface area contributed by atoms with Crippen molar-refractivity contribution in [1.82, 2.24) is 0 Å². The van der Waals surface area contributed by atoms with Crippen molar-refractivity contribution in [2.24, 2.45) is 0 Å². The molecule has 3 aromatic rings. The largest absolute Gasteiger partial charge is 0.497 e. The fraction of sp³-hybridized carbons (Fsp3) is 0.200. The molecule has 178 valence electrons. The van der Waals surface area contributed by atoms with Crippen molar-refractivity contribution < 1.29 is 27.5 Å². The van der Waals surface area contributed by atoms with Gasteiger partial charge in [-0.2, -0.15) is 0 Å². The molecule has 0 aliphatic carbocycles. The Balaban J connectivity index is 1.94. The van der Waals surface area contributed by atoms with Crippen LogP contribution in [0.2, 0.25) is 0 Å². The lowest BCUT2D eigenvalue weighted by Crippen LogP contribution is -2.38. The van der Waals surface area contributed by atoms with Crippen molar-refractivity contribution in [3.05, 3.63) is 83.4 Å². The molecule has 0 saturated carbocycles. The van der Waals surface area contributed by atoms with Gasteiger partial charge in [0.15, 0.2) is 0 Å². The maximum Gasteiger partial charge on any atom is 0.338 e. The molecule has 9 heteroatoms. The van der Waals surface area contributed by atoms with Crippen LogP contribution >= 0.6 is 0 Å². The number of hydrogen-bond donors (Lipinski definition) is 1. The minimum atomic E-state index is -4.07. The molecule has 1 amide bonds. The summed E-state index contributed by atoms with van der Waals surface area (Å²) in [6.45, 7) is 3.09. The number of methoxy groups -OCH3 is 2. The van der Waals surface area contributed by atoms with Gasteiger partial charge in [-0.05, 0) is 67.9 Å². The predicted molar refractivity (Wildman–Crippen MR) is 130 cm³/mol. The quantitative estimate of drug-likeness (QED) is 0.488. The Labute approximate surface area is 199 Å². The summed E-state index contributed by atoms with van der Waals surface area (Å²) in [4.78, 5) is 25.0. The molecule has 8 nitrogen and oxygen atoms in total. The number of hydrogen-bond acceptors (Lipinski definition) is 6. The third-order valence-electron chi connectivity index (χ3n) is 5.27. The summed E-state index contributed by atoms with van der Waals surface area (Å²) in [7, 11) is -1.31. The normalized spacial score (nSPS) is 10.9. The molecule has 0 spiro atoms. The second-order valence-electron chi connectivity index (χ2n) is 7.54. The summed E-state index contributed by atoms with van der Waals surface area (Å²) in [5.74, 6) is -0.584. The van der Waals surface area contributed by atoms with Crippen LogP contribution in [0.1, 0.15) is 21.5 Å². The van der Waals surface area contributed by atoms with E-state index in [1.165, 1.54) is 26.4 Å². The number of nitrogens with zero attached hydrogens (tertiary/aromatic N) is 1. The first-order valence-corrected chi connectivity index (χ1v) is 11.8. The Morgan fingerprint density at radius 2 is 1.56 bits per heavy atom. The number of ether oxygens (including phenoxy) is 2. The van der Waals surface area contributed by atoms with Gasteiger partial charge in [-0.15, -0.1) is 0 Å². The number of aryl methyl sites for hydroxylation is 1. The molecule has 0 fully saturated rings. The maximum absolute atomic E-state index is 13.5. The van der Waals surface area contributed by atoms with Crippen LogP contribution < -0.4 is 14.4 Å². The van der Waals surface area contributed by atoms with Crippen LogP contribution in [0.4, 0.5) is 11.4 Å². The number of benzene rings is 3. The van der Waals surface area contributed by atoms with Crippen LogP contribution in [0, 0.1) is 13.8 Å². The standard InChI is InChI=1S/C25H26N2O6S/c1-17-8-10-19(11-9-17)27(34(30,31)21-14-12-20(32-3)13-15-21)16-24(28)26-23-7-5-6-22(18(23)2)25(29)33-4/h5-15H,16H2,1-4H3,(H,26,28). The van der Waals surface area contributed by atoms with E-state index in [0.717, 1.165) is 9.87 Å². The van der Waals surface area contributed by atoms with Crippen molar-refractivity contribution in [1.29, 1.82) is 0 Å². The highest BCUT2D eigenvalue weighted by Gasteiger charge is 2.27. The van der Waals surface area contributed by atoms with E-state index in [9.17, 15) is 18.0 Å². The van der Waals surface area contributed by atoms with E-state index in [1.54, 1.807) is 61.5 Å². The number of rotatable bonds is 8. The fourth-order valence-electron chi connectivity index (χ4n) is 3.32. The molecule has 0 radical (unpaired) electrons. The Kier molecular flexibility index (Phi) is 7.57. The molecule has 3 aromatic carbocycles. The molecule has 0 bridgehead atoms. The number of sulfonamides is 1. The summed E-state index contributed by atoms with van der Waals surface area (Å²) in [5.41, 5.74) is 2.50. The van der Waals surface area contributed by atoms with E-state index in [1.807, 2.05) is 6.92 Å². The topological polar surface area (TPSA) is 102 Å². The molecule has 0 heterocycles. The van der Waals surface area contributed by atoms with Crippen LogP contribution in [0.3, 0.4) is 0 Å². The Hall–Kier alpha value is -3.85. The van der Waals surface area contributed by atoms with Gasteiger partial charge in [0.1, 0.15) is 12.3 Å². The van der Waals surface area contributed by atoms with Crippen molar-refractivity contribution >= 4 is 33.3 Å². The van der Waals surface area contributed by atoms with Gasteiger partial charge in [0.25, 0.3) is 10.0 Å². The summed E-state index contributed by atoms with van der Waals surface area (Å²) < 4.78 is 37.9. The van der Waals surface area contributed by atoms with E-state index < -0.39 is 28.4 Å². The van der Waals surface area contributed by atoms with Gasteiger partial charge in [0.05, 0.1) is 30.4 Å². The van der Waals surface area contributed by atoms with Crippen molar-refractivity contribution in [2.75, 3.05) is 30.4 Å². The SMILES string of the molecule is COC(=O)c1cccc(NC(=O)CN(c2ccc(C)cc2)S(=O)(=O)c2ccc(OC)cc2)c1C. The zero-order valence-electron chi connectivity index (χ0n) is 19.4. The first-order chi connectivity index (χ1) is 16.2. The molecule has 0 saturated heterocycles. The zero-order valence-corrected chi connectivity index (χ0v) is 20.2. The monoisotopic (exact) mass is 482 g/mol. The van der Waals surface area contributed by atoms with Gasteiger partial charge in [0, 0.05) is 5.69 Å². The van der Waals surface area contributed by atoms with Crippen molar-refractivity contribution in [3.63, 3.8) is 0 Å². The first-order valence-electron chi connectivity index (χ1n) is 10.4. The first kappa shape index (κ1) is 24.8. The smallest absolute Gasteiger partial charge is 0.338 e. The summed E-state index contributed by atoms with van der Waals surface area (Å²) in [6, 6.07) is 17.6. The Morgan fingerprint density at radius 1 is 0.912 bits per heavy atom. The average molecular weight is 483 g/mol. The number of esters is 1. The maximum atomic E-state index is 13.5. The summed E-state index contributed by atoms with van der Waals surface area (Å²) in [6.07, 6.45) is 0. The van der Waals surface area contributed by atoms with E-state index in [-0.39, 0.29) is 4.90 Å². The highest BCUT2D eigenvalue weighted by molar-refractivity contribution is 7.92. The Bertz CT molecular complexity index is 1290. The summed E-state index contributed by atoms with van der Waals surface area (Å²) >= 11 is 0. The van der Waals surface area contributed by atoms with Gasteiger partial charge in [-0.25, -0.2) is 13.2 Å². The zero-order chi connectivity index (χ0) is 24.9. The van der Waals surface area contributed by atoms with Gasteiger partial charge >= 0.3 is 5.97 Å². The molecule has 0 aliphatic rings. The van der Waals surface area contributed by atoms with Gasteiger partial charge in [-0.1, -0.05) is 23.8 Å². The Morgan fingerprint density at radius 3 is 2.15 bits per heavy atom. The van der Waals surface area contributed by atoms with Gasteiger partial charge in [0.2, 0.25) is 5.91 Å². The third-order valence-corrected chi connectivity index (χ3v) is 7.06. The number of carbonyl (C=O) groups is 2. The second kappa shape index (κ2) is 10.4. The average Bonchev–Trinajstić information content (AvgIpc) is 2.84. The minimum Gasteiger partial charge on any atom is -0.497 e. The molecule has 0 unspecified atom stereocenters. The minimum absolute atomic E-state index is 0.0190. The van der Waals surface area contributed by atoms with Crippen molar-refractivity contribution in [3.8, 4) is 5.75 Å². The fourth-order valence-corrected chi connectivity index (χ4v) is 4.74. The van der Waals surface area contributed by atoms with Crippen LogP contribution in [0.15, 0.2) is 71.6 Å². The van der Waals surface area contributed by atoms with Crippen LogP contribution in [-0.4, -0.2) is 41.1 Å². The molecule has 0 atom stereocenters. The molecule has 0 aromatic heterocycles. The van der Waals surface area contributed by atoms with Crippen molar-refractivity contribution in [2.45, 2.75) is 18.7 Å². The third kappa shape index (κ3) is 5.37. The van der Waals surface area contributed by atoms with E-state index in [0.29, 0.717) is 28.3 Å². The molecule has 0 aliphatic heterocycles. The molecule has 3 rings (SSSR count). The van der Waals surface area contributed by atoms with Crippen LogP contribution in [0.5, 0.6) is 5.75 Å². The van der Waals surface area contributed by atoms with Crippen LogP contribution in [0.25, 0.3) is 0 Å². The van der Waals surface area contributed by atoms with E-state index >= 15 is 0 Å². The van der Waals surface area contributed by atoms with Crippen LogP contribution in [-0.2, 0) is 19.6 Å². The highest BCUT2D eigenvalue weighted by Crippen LogP contribution is 2.26. The highest BCUT2D eigenvalue weighted by atomic mass is 32.2. The van der Waals surface area contributed by atoms with Gasteiger partial charge in [-0.3, -0.25) is 9.10 Å². The molecular formula is C25H26N2O6S. The lowest BCUT2D eigenvalue weighted by molar-refractivity contribution is -0.114.